The van der Waals surface area contributed by atoms with E-state index in [1.807, 2.05) is 6.92 Å². The standard InChI is InChI=1S/C13H17FN2O3/c1-2-8(7-15)6-11(17)16-12-9(13(18)19)4-3-5-10(12)14/h3-5,8H,2,6-7,15H2,1H3,(H,16,17)(H,18,19). The fourth-order valence-electron chi connectivity index (χ4n) is 1.68. The zero-order valence-corrected chi connectivity index (χ0v) is 10.6. The van der Waals surface area contributed by atoms with Crippen molar-refractivity contribution in [3.8, 4) is 0 Å². The molecule has 1 unspecified atom stereocenters. The highest BCUT2D eigenvalue weighted by molar-refractivity contribution is 6.00. The van der Waals surface area contributed by atoms with Gasteiger partial charge in [0, 0.05) is 6.42 Å². The Morgan fingerprint density at radius 2 is 2.16 bits per heavy atom. The molecule has 0 fully saturated rings. The number of hydrogen-bond acceptors (Lipinski definition) is 3. The molecule has 104 valence electrons. The van der Waals surface area contributed by atoms with E-state index in [0.29, 0.717) is 6.54 Å². The zero-order chi connectivity index (χ0) is 14.4. The van der Waals surface area contributed by atoms with Gasteiger partial charge in [0.25, 0.3) is 0 Å². The number of nitrogens with one attached hydrogen (secondary N) is 1. The molecule has 19 heavy (non-hydrogen) atoms. The van der Waals surface area contributed by atoms with Gasteiger partial charge in [-0.1, -0.05) is 19.4 Å². The molecule has 0 aliphatic carbocycles. The van der Waals surface area contributed by atoms with E-state index >= 15 is 0 Å². The minimum atomic E-state index is -1.29. The highest BCUT2D eigenvalue weighted by Crippen LogP contribution is 2.20. The Kier molecular flexibility index (Phi) is 5.44. The topological polar surface area (TPSA) is 92.4 Å². The van der Waals surface area contributed by atoms with Crippen LogP contribution in [0.15, 0.2) is 18.2 Å². The molecule has 1 amide bonds. The van der Waals surface area contributed by atoms with Gasteiger partial charge >= 0.3 is 5.97 Å². The van der Waals surface area contributed by atoms with Crippen molar-refractivity contribution in [3.63, 3.8) is 0 Å². The van der Waals surface area contributed by atoms with Gasteiger partial charge in [0.15, 0.2) is 0 Å². The van der Waals surface area contributed by atoms with E-state index in [1.54, 1.807) is 0 Å². The van der Waals surface area contributed by atoms with Gasteiger partial charge in [0.2, 0.25) is 5.91 Å². The van der Waals surface area contributed by atoms with E-state index in [2.05, 4.69) is 5.32 Å². The van der Waals surface area contributed by atoms with Gasteiger partial charge < -0.3 is 16.2 Å². The molecule has 0 aromatic heterocycles. The lowest BCUT2D eigenvalue weighted by atomic mass is 10.0. The van der Waals surface area contributed by atoms with Crippen molar-refractivity contribution in [3.05, 3.63) is 29.6 Å². The van der Waals surface area contributed by atoms with Crippen LogP contribution in [0.1, 0.15) is 30.1 Å². The van der Waals surface area contributed by atoms with Crippen LogP contribution in [0.2, 0.25) is 0 Å². The summed E-state index contributed by atoms with van der Waals surface area (Å²) >= 11 is 0. The molecule has 0 aliphatic heterocycles. The number of carbonyl (C=O) groups excluding carboxylic acids is 1. The maximum absolute atomic E-state index is 13.6. The number of aromatic carboxylic acids is 1. The van der Waals surface area contributed by atoms with Gasteiger partial charge in [-0.25, -0.2) is 9.18 Å². The van der Waals surface area contributed by atoms with Gasteiger partial charge in [0.1, 0.15) is 5.82 Å². The van der Waals surface area contributed by atoms with Crippen LogP contribution >= 0.6 is 0 Å². The van der Waals surface area contributed by atoms with Crippen LogP contribution in [-0.4, -0.2) is 23.5 Å². The van der Waals surface area contributed by atoms with Crippen molar-refractivity contribution >= 4 is 17.6 Å². The molecule has 1 aromatic carbocycles. The van der Waals surface area contributed by atoms with E-state index in [4.69, 9.17) is 10.8 Å². The fourth-order valence-corrected chi connectivity index (χ4v) is 1.68. The summed E-state index contributed by atoms with van der Waals surface area (Å²) in [6.45, 7) is 2.25. The highest BCUT2D eigenvalue weighted by atomic mass is 19.1. The number of carboxylic acids is 1. The number of amides is 1. The van der Waals surface area contributed by atoms with E-state index in [-0.39, 0.29) is 23.6 Å². The molecule has 0 bridgehead atoms. The number of halogens is 1. The Labute approximate surface area is 110 Å². The lowest BCUT2D eigenvalue weighted by Gasteiger charge is -2.13. The van der Waals surface area contributed by atoms with E-state index < -0.39 is 17.7 Å². The second-order valence-electron chi connectivity index (χ2n) is 4.23. The van der Waals surface area contributed by atoms with Gasteiger partial charge in [-0.2, -0.15) is 0 Å². The van der Waals surface area contributed by atoms with Crippen molar-refractivity contribution in [2.24, 2.45) is 11.7 Å². The smallest absolute Gasteiger partial charge is 0.337 e. The quantitative estimate of drug-likeness (QED) is 0.734. The first kappa shape index (κ1) is 15.1. The number of carboxylic acid groups (broad SMARTS) is 1. The van der Waals surface area contributed by atoms with Crippen molar-refractivity contribution in [1.29, 1.82) is 0 Å². The Morgan fingerprint density at radius 1 is 1.47 bits per heavy atom. The third-order valence-electron chi connectivity index (χ3n) is 2.89. The van der Waals surface area contributed by atoms with Crippen LogP contribution in [-0.2, 0) is 4.79 Å². The van der Waals surface area contributed by atoms with Crippen molar-refractivity contribution in [2.75, 3.05) is 11.9 Å². The van der Waals surface area contributed by atoms with Crippen LogP contribution in [0.25, 0.3) is 0 Å². The number of benzene rings is 1. The first-order valence-electron chi connectivity index (χ1n) is 6.01. The van der Waals surface area contributed by atoms with E-state index in [0.717, 1.165) is 12.5 Å². The predicted molar refractivity (Wildman–Crippen MR) is 69.4 cm³/mol. The third-order valence-corrected chi connectivity index (χ3v) is 2.89. The molecule has 0 saturated carbocycles. The van der Waals surface area contributed by atoms with Crippen LogP contribution in [0, 0.1) is 11.7 Å². The predicted octanol–water partition coefficient (Wildman–Crippen LogP) is 1.84. The largest absolute Gasteiger partial charge is 0.478 e. The minimum absolute atomic E-state index is 0.0000477. The summed E-state index contributed by atoms with van der Waals surface area (Å²) in [6.07, 6.45) is 0.868. The Balaban J connectivity index is 2.87. The molecule has 0 radical (unpaired) electrons. The fraction of sp³-hybridized carbons (Fsp3) is 0.385. The van der Waals surface area contributed by atoms with Crippen LogP contribution < -0.4 is 11.1 Å². The summed E-state index contributed by atoms with van der Waals surface area (Å²) in [5, 5.41) is 11.2. The Hall–Kier alpha value is -1.95. The highest BCUT2D eigenvalue weighted by Gasteiger charge is 2.18. The first-order chi connectivity index (χ1) is 8.99. The molecule has 5 nitrogen and oxygen atoms in total. The summed E-state index contributed by atoms with van der Waals surface area (Å²) in [5.41, 5.74) is 4.92. The van der Waals surface area contributed by atoms with Gasteiger partial charge in [0.05, 0.1) is 11.3 Å². The SMILES string of the molecule is CCC(CN)CC(=O)Nc1c(F)cccc1C(=O)O. The zero-order valence-electron chi connectivity index (χ0n) is 10.6. The molecule has 1 atom stereocenters. The normalized spacial score (nSPS) is 11.9. The summed E-state index contributed by atoms with van der Waals surface area (Å²) in [5.74, 6) is -2.50. The van der Waals surface area contributed by atoms with E-state index in [1.165, 1.54) is 12.1 Å². The molecule has 1 aromatic rings. The molecular weight excluding hydrogens is 251 g/mol. The maximum atomic E-state index is 13.6. The number of rotatable bonds is 6. The molecule has 0 heterocycles. The number of para-hydroxylation sites is 1. The molecule has 1 rings (SSSR count). The monoisotopic (exact) mass is 268 g/mol. The molecule has 0 spiro atoms. The van der Waals surface area contributed by atoms with E-state index in [9.17, 15) is 14.0 Å². The van der Waals surface area contributed by atoms with Gasteiger partial charge in [-0.05, 0) is 24.6 Å². The Morgan fingerprint density at radius 3 is 2.68 bits per heavy atom. The number of hydrogen-bond donors (Lipinski definition) is 3. The summed E-state index contributed by atoms with van der Waals surface area (Å²) in [6, 6.07) is 3.62. The van der Waals surface area contributed by atoms with Crippen LogP contribution in [0.4, 0.5) is 10.1 Å². The average molecular weight is 268 g/mol. The maximum Gasteiger partial charge on any atom is 0.337 e. The molecular formula is C13H17FN2O3. The molecule has 4 N–H and O–H groups in total. The van der Waals surface area contributed by atoms with Crippen molar-refractivity contribution in [1.82, 2.24) is 0 Å². The minimum Gasteiger partial charge on any atom is -0.478 e. The lowest BCUT2D eigenvalue weighted by Crippen LogP contribution is -2.23. The molecule has 0 aliphatic rings. The van der Waals surface area contributed by atoms with Gasteiger partial charge in [-0.15, -0.1) is 0 Å². The third kappa shape index (κ3) is 4.03. The van der Waals surface area contributed by atoms with Crippen molar-refractivity contribution in [2.45, 2.75) is 19.8 Å². The number of carbonyl (C=O) groups is 2. The summed E-state index contributed by atoms with van der Waals surface area (Å²) in [7, 11) is 0. The first-order valence-corrected chi connectivity index (χ1v) is 6.01. The average Bonchev–Trinajstić information content (AvgIpc) is 2.38. The van der Waals surface area contributed by atoms with Crippen molar-refractivity contribution < 1.29 is 19.1 Å². The summed E-state index contributed by atoms with van der Waals surface area (Å²) < 4.78 is 13.6. The molecule has 0 saturated heterocycles. The molecule has 6 heteroatoms. The van der Waals surface area contributed by atoms with Gasteiger partial charge in [-0.3, -0.25) is 4.79 Å². The second kappa shape index (κ2) is 6.84. The van der Waals surface area contributed by atoms with Crippen LogP contribution in [0.3, 0.4) is 0 Å². The number of anilines is 1. The second-order valence-corrected chi connectivity index (χ2v) is 4.23. The summed E-state index contributed by atoms with van der Waals surface area (Å²) in [4.78, 5) is 22.7. The Bertz CT molecular complexity index is 473. The lowest BCUT2D eigenvalue weighted by molar-refractivity contribution is -0.117. The number of nitrogens with two attached hydrogens (primary N) is 1. The van der Waals surface area contributed by atoms with Crippen LogP contribution in [0.5, 0.6) is 0 Å².